The van der Waals surface area contributed by atoms with Crippen molar-refractivity contribution in [3.8, 4) is 11.3 Å². The molecule has 5 rings (SSSR count). The number of rotatable bonds is 6. The number of aromatic nitrogens is 3. The van der Waals surface area contributed by atoms with Gasteiger partial charge < -0.3 is 15.5 Å². The van der Waals surface area contributed by atoms with Gasteiger partial charge in [0.2, 0.25) is 0 Å². The second-order valence-electron chi connectivity index (χ2n) is 8.01. The lowest BCUT2D eigenvalue weighted by molar-refractivity contribution is 0.0951. The Balaban J connectivity index is 1.42. The number of hydrogen-bond acceptors (Lipinski definition) is 5. The Kier molecular flexibility index (Phi) is 4.78. The summed E-state index contributed by atoms with van der Waals surface area (Å²) in [5.74, 6) is 0.674. The molecule has 31 heavy (non-hydrogen) atoms. The molecule has 0 unspecified atom stereocenters. The van der Waals surface area contributed by atoms with Crippen LogP contribution in [0.1, 0.15) is 23.2 Å². The first-order valence-electron chi connectivity index (χ1n) is 10.4. The lowest BCUT2D eigenvalue weighted by atomic mass is 10.1. The van der Waals surface area contributed by atoms with Crippen LogP contribution in [0.15, 0.2) is 67.1 Å². The van der Waals surface area contributed by atoms with Gasteiger partial charge in [0.05, 0.1) is 11.9 Å². The van der Waals surface area contributed by atoms with Gasteiger partial charge in [-0.05, 0) is 43.2 Å². The Morgan fingerprint density at radius 1 is 1.10 bits per heavy atom. The number of hydrogen-bond donors (Lipinski definition) is 2. The van der Waals surface area contributed by atoms with E-state index in [0.29, 0.717) is 17.4 Å². The van der Waals surface area contributed by atoms with Gasteiger partial charge in [0.1, 0.15) is 0 Å². The average Bonchev–Trinajstić information content (AvgIpc) is 3.49. The van der Waals surface area contributed by atoms with E-state index in [-0.39, 0.29) is 5.91 Å². The van der Waals surface area contributed by atoms with E-state index in [4.69, 9.17) is 0 Å². The van der Waals surface area contributed by atoms with Crippen molar-refractivity contribution in [3.63, 3.8) is 0 Å². The van der Waals surface area contributed by atoms with Crippen LogP contribution < -0.4 is 15.5 Å². The SMILES string of the molecule is CN(C)c1cccc(Nc2nccn3c(-c4ccc(C(=O)NC5CC5)cc4)cnc23)c1. The maximum atomic E-state index is 12.2. The molecule has 156 valence electrons. The highest BCUT2D eigenvalue weighted by molar-refractivity contribution is 5.95. The van der Waals surface area contributed by atoms with Crippen molar-refractivity contribution in [2.45, 2.75) is 18.9 Å². The third-order valence-corrected chi connectivity index (χ3v) is 5.41. The summed E-state index contributed by atoms with van der Waals surface area (Å²) in [6.07, 6.45) is 7.64. The van der Waals surface area contributed by atoms with E-state index in [2.05, 4.69) is 37.6 Å². The first kappa shape index (κ1) is 19.1. The Morgan fingerprint density at radius 3 is 2.65 bits per heavy atom. The normalized spacial score (nSPS) is 13.2. The highest BCUT2D eigenvalue weighted by Crippen LogP contribution is 2.27. The number of fused-ring (bicyclic) bond motifs is 1. The molecule has 4 aromatic rings. The van der Waals surface area contributed by atoms with Crippen LogP contribution in [-0.2, 0) is 0 Å². The van der Waals surface area contributed by atoms with E-state index < -0.39 is 0 Å². The number of anilines is 3. The molecule has 1 saturated carbocycles. The molecule has 0 bridgehead atoms. The molecule has 1 aliphatic rings. The van der Waals surface area contributed by atoms with E-state index >= 15 is 0 Å². The lowest BCUT2D eigenvalue weighted by Gasteiger charge is -2.14. The molecule has 2 heterocycles. The van der Waals surface area contributed by atoms with Crippen LogP contribution in [0.2, 0.25) is 0 Å². The number of amides is 1. The van der Waals surface area contributed by atoms with E-state index in [0.717, 1.165) is 41.1 Å². The molecule has 0 spiro atoms. The van der Waals surface area contributed by atoms with Crippen molar-refractivity contribution in [1.29, 1.82) is 0 Å². The van der Waals surface area contributed by atoms with E-state index in [9.17, 15) is 4.79 Å². The summed E-state index contributed by atoms with van der Waals surface area (Å²) in [6.45, 7) is 0. The molecular formula is C24H24N6O. The fourth-order valence-electron chi connectivity index (χ4n) is 3.51. The van der Waals surface area contributed by atoms with Gasteiger partial charge in [-0.1, -0.05) is 18.2 Å². The molecule has 7 heteroatoms. The predicted octanol–water partition coefficient (Wildman–Crippen LogP) is 4.10. The number of nitrogens with one attached hydrogen (secondary N) is 2. The first-order chi connectivity index (χ1) is 15.1. The zero-order valence-corrected chi connectivity index (χ0v) is 17.5. The predicted molar refractivity (Wildman–Crippen MR) is 123 cm³/mol. The van der Waals surface area contributed by atoms with Gasteiger partial charge >= 0.3 is 0 Å². The van der Waals surface area contributed by atoms with Crippen molar-refractivity contribution in [2.75, 3.05) is 24.3 Å². The molecule has 0 atom stereocenters. The minimum Gasteiger partial charge on any atom is -0.378 e. The van der Waals surface area contributed by atoms with E-state index in [1.807, 2.05) is 67.3 Å². The van der Waals surface area contributed by atoms with Crippen molar-refractivity contribution in [2.24, 2.45) is 0 Å². The number of carbonyl (C=O) groups is 1. The van der Waals surface area contributed by atoms with Gasteiger partial charge in [0.15, 0.2) is 11.5 Å². The maximum Gasteiger partial charge on any atom is 0.251 e. The minimum absolute atomic E-state index is 0.0113. The van der Waals surface area contributed by atoms with Crippen LogP contribution in [0, 0.1) is 0 Å². The third-order valence-electron chi connectivity index (χ3n) is 5.41. The molecule has 1 amide bonds. The molecule has 2 aromatic heterocycles. The minimum atomic E-state index is -0.0113. The lowest BCUT2D eigenvalue weighted by Crippen LogP contribution is -2.25. The number of imidazole rings is 1. The van der Waals surface area contributed by atoms with Crippen LogP contribution in [-0.4, -0.2) is 40.4 Å². The van der Waals surface area contributed by atoms with Crippen molar-refractivity contribution < 1.29 is 4.79 Å². The summed E-state index contributed by atoms with van der Waals surface area (Å²) < 4.78 is 2.00. The Morgan fingerprint density at radius 2 is 1.90 bits per heavy atom. The summed E-state index contributed by atoms with van der Waals surface area (Å²) in [5, 5.41) is 6.40. The molecule has 7 nitrogen and oxygen atoms in total. The van der Waals surface area contributed by atoms with Crippen LogP contribution in [0.4, 0.5) is 17.2 Å². The highest BCUT2D eigenvalue weighted by atomic mass is 16.1. The summed E-state index contributed by atoms with van der Waals surface area (Å²) in [4.78, 5) is 23.4. The fraction of sp³-hybridized carbons (Fsp3) is 0.208. The molecule has 2 aromatic carbocycles. The average molecular weight is 412 g/mol. The summed E-state index contributed by atoms with van der Waals surface area (Å²) in [6, 6.07) is 16.1. The first-order valence-corrected chi connectivity index (χ1v) is 10.4. The van der Waals surface area contributed by atoms with Crippen molar-refractivity contribution >= 4 is 28.7 Å². The third kappa shape index (κ3) is 3.94. The Labute approximate surface area is 180 Å². The van der Waals surface area contributed by atoms with Gasteiger partial charge in [-0.2, -0.15) is 0 Å². The van der Waals surface area contributed by atoms with Crippen LogP contribution in [0.3, 0.4) is 0 Å². The van der Waals surface area contributed by atoms with E-state index in [1.165, 1.54) is 0 Å². The smallest absolute Gasteiger partial charge is 0.251 e. The summed E-state index contributed by atoms with van der Waals surface area (Å²) >= 11 is 0. The monoisotopic (exact) mass is 412 g/mol. The molecule has 0 saturated heterocycles. The summed E-state index contributed by atoms with van der Waals surface area (Å²) in [5.41, 5.74) is 5.39. The topological polar surface area (TPSA) is 74.6 Å². The van der Waals surface area contributed by atoms with Crippen LogP contribution >= 0.6 is 0 Å². The largest absolute Gasteiger partial charge is 0.378 e. The Bertz CT molecular complexity index is 1240. The molecular weight excluding hydrogens is 388 g/mol. The molecule has 1 aliphatic carbocycles. The van der Waals surface area contributed by atoms with Gasteiger partial charge in [0.25, 0.3) is 5.91 Å². The standard InChI is InChI=1S/C24H24N6O/c1-29(2)20-5-3-4-19(14-20)27-22-23-26-15-21(30(23)13-12-25-22)16-6-8-17(9-7-16)24(31)28-18-10-11-18/h3-9,12-15,18H,10-11H2,1-2H3,(H,25,27)(H,28,31). The van der Waals surface area contributed by atoms with Gasteiger partial charge in [-0.3, -0.25) is 9.20 Å². The van der Waals surface area contributed by atoms with Gasteiger partial charge in [-0.25, -0.2) is 9.97 Å². The fourth-order valence-corrected chi connectivity index (χ4v) is 3.51. The Hall–Kier alpha value is -3.87. The second kappa shape index (κ2) is 7.75. The van der Waals surface area contributed by atoms with Crippen LogP contribution in [0.25, 0.3) is 16.9 Å². The molecule has 0 radical (unpaired) electrons. The number of benzene rings is 2. The zero-order valence-electron chi connectivity index (χ0n) is 17.5. The second-order valence-corrected chi connectivity index (χ2v) is 8.01. The number of carbonyl (C=O) groups excluding carboxylic acids is 1. The molecule has 1 fully saturated rings. The van der Waals surface area contributed by atoms with Gasteiger partial charge in [-0.15, -0.1) is 0 Å². The van der Waals surface area contributed by atoms with Crippen molar-refractivity contribution in [3.05, 3.63) is 72.7 Å². The van der Waals surface area contributed by atoms with Crippen LogP contribution in [0.5, 0.6) is 0 Å². The van der Waals surface area contributed by atoms with Crippen molar-refractivity contribution in [1.82, 2.24) is 19.7 Å². The maximum absolute atomic E-state index is 12.2. The van der Waals surface area contributed by atoms with E-state index in [1.54, 1.807) is 6.20 Å². The number of nitrogens with zero attached hydrogens (tertiary/aromatic N) is 4. The quantitative estimate of drug-likeness (QED) is 0.499. The van der Waals surface area contributed by atoms with Gasteiger partial charge in [0, 0.05) is 55.0 Å². The molecule has 2 N–H and O–H groups in total. The summed E-state index contributed by atoms with van der Waals surface area (Å²) in [7, 11) is 4.03. The molecule has 0 aliphatic heterocycles. The zero-order chi connectivity index (χ0) is 21.4. The highest BCUT2D eigenvalue weighted by Gasteiger charge is 2.23.